The van der Waals surface area contributed by atoms with E-state index >= 15 is 0 Å². The van der Waals surface area contributed by atoms with Crippen molar-refractivity contribution in [1.82, 2.24) is 15.0 Å². The van der Waals surface area contributed by atoms with Gasteiger partial charge in [-0.25, -0.2) is 4.79 Å². The Morgan fingerprint density at radius 3 is 2.48 bits per heavy atom. The lowest BCUT2D eigenvalue weighted by Crippen LogP contribution is -2.31. The highest BCUT2D eigenvalue weighted by Crippen LogP contribution is 2.38. The molecule has 2 aromatic heterocycles. The predicted octanol–water partition coefficient (Wildman–Crippen LogP) is 3.14. The van der Waals surface area contributed by atoms with Gasteiger partial charge in [0, 0.05) is 28.7 Å². The molecule has 1 atom stereocenters. The lowest BCUT2D eigenvalue weighted by atomic mass is 9.88. The van der Waals surface area contributed by atoms with E-state index in [0.29, 0.717) is 11.4 Å². The first-order valence-corrected chi connectivity index (χ1v) is 8.67. The summed E-state index contributed by atoms with van der Waals surface area (Å²) in [6, 6.07) is 17.8. The Bertz CT molecular complexity index is 1300. The first kappa shape index (κ1) is 15.5. The number of hydrogen-bond acceptors (Lipinski definition) is 3. The van der Waals surface area contributed by atoms with E-state index in [0.717, 1.165) is 27.7 Å². The lowest BCUT2D eigenvalue weighted by Gasteiger charge is -2.25. The highest BCUT2D eigenvalue weighted by atomic mass is 16.2. The number of nitrogens with one attached hydrogen (secondary N) is 4. The minimum Gasteiger partial charge on any atom is -0.361 e. The van der Waals surface area contributed by atoms with Crippen molar-refractivity contribution in [3.8, 4) is 0 Å². The fourth-order valence-electron chi connectivity index (χ4n) is 3.70. The molecule has 0 bridgehead atoms. The number of para-hydroxylation sites is 1. The third-order valence-corrected chi connectivity index (χ3v) is 4.92. The lowest BCUT2D eigenvalue weighted by molar-refractivity contribution is 0.919. The average molecular weight is 356 g/mol. The van der Waals surface area contributed by atoms with Crippen molar-refractivity contribution < 1.29 is 0 Å². The van der Waals surface area contributed by atoms with Crippen LogP contribution in [0, 0.1) is 0 Å². The molecule has 0 aliphatic carbocycles. The Hall–Kier alpha value is -3.80. The second kappa shape index (κ2) is 5.88. The van der Waals surface area contributed by atoms with E-state index in [1.165, 1.54) is 0 Å². The molecule has 1 aliphatic heterocycles. The molecule has 6 nitrogen and oxygen atoms in total. The Morgan fingerprint density at radius 1 is 0.852 bits per heavy atom. The largest absolute Gasteiger partial charge is 0.361 e. The summed E-state index contributed by atoms with van der Waals surface area (Å²) in [5, 5.41) is 4.26. The van der Waals surface area contributed by atoms with Crippen molar-refractivity contribution in [2.75, 3.05) is 5.32 Å². The molecule has 0 saturated carbocycles. The van der Waals surface area contributed by atoms with Crippen LogP contribution < -0.4 is 16.6 Å². The maximum atomic E-state index is 12.6. The zero-order chi connectivity index (χ0) is 18.4. The number of anilines is 1. The van der Waals surface area contributed by atoms with Crippen molar-refractivity contribution >= 4 is 22.4 Å². The van der Waals surface area contributed by atoms with Gasteiger partial charge in [-0.05, 0) is 23.3 Å². The van der Waals surface area contributed by atoms with Gasteiger partial charge in [0.2, 0.25) is 0 Å². The van der Waals surface area contributed by atoms with E-state index in [1.807, 2.05) is 66.9 Å². The van der Waals surface area contributed by atoms with Gasteiger partial charge in [-0.2, -0.15) is 0 Å². The number of hydrogen-bond donors (Lipinski definition) is 4. The molecule has 132 valence electrons. The quantitative estimate of drug-likeness (QED) is 0.444. The minimum absolute atomic E-state index is 0.298. The second-order valence-corrected chi connectivity index (χ2v) is 6.54. The molecule has 0 fully saturated rings. The van der Waals surface area contributed by atoms with Crippen LogP contribution in [0.15, 0.2) is 76.5 Å². The summed E-state index contributed by atoms with van der Waals surface area (Å²) in [7, 11) is 0. The van der Waals surface area contributed by atoms with Gasteiger partial charge >= 0.3 is 5.69 Å². The van der Waals surface area contributed by atoms with Crippen LogP contribution in [0.2, 0.25) is 0 Å². The fraction of sp³-hybridized carbons (Fsp3) is 0.0476. The first-order valence-electron chi connectivity index (χ1n) is 8.67. The number of fused-ring (bicyclic) bond motifs is 2. The van der Waals surface area contributed by atoms with Crippen molar-refractivity contribution in [2.24, 2.45) is 0 Å². The zero-order valence-electron chi connectivity index (χ0n) is 14.2. The molecule has 0 radical (unpaired) electrons. The topological polar surface area (TPSA) is 93.5 Å². The SMILES string of the molecule is O=c1[nH]c2c(c(=O)[nH]1)C(c1c[nH]c3ccccc13)C=C(c1ccccc1)N2. The van der Waals surface area contributed by atoms with Crippen LogP contribution in [0.1, 0.15) is 22.6 Å². The van der Waals surface area contributed by atoms with Crippen LogP contribution in [-0.4, -0.2) is 15.0 Å². The summed E-state index contributed by atoms with van der Waals surface area (Å²) >= 11 is 0. The summed E-state index contributed by atoms with van der Waals surface area (Å²) in [5.41, 5.74) is 3.40. The Morgan fingerprint density at radius 2 is 1.63 bits per heavy atom. The number of aromatic nitrogens is 3. The predicted molar refractivity (Wildman–Crippen MR) is 106 cm³/mol. The van der Waals surface area contributed by atoms with Gasteiger partial charge < -0.3 is 10.3 Å². The van der Waals surface area contributed by atoms with Crippen molar-refractivity contribution in [3.05, 3.63) is 104 Å². The second-order valence-electron chi connectivity index (χ2n) is 6.54. The molecule has 0 saturated heterocycles. The van der Waals surface area contributed by atoms with Crippen LogP contribution in [0.5, 0.6) is 0 Å². The maximum Gasteiger partial charge on any atom is 0.327 e. The van der Waals surface area contributed by atoms with Crippen LogP contribution in [0.25, 0.3) is 16.6 Å². The van der Waals surface area contributed by atoms with E-state index in [1.54, 1.807) is 0 Å². The number of aromatic amines is 3. The molecule has 4 N–H and O–H groups in total. The average Bonchev–Trinajstić information content (AvgIpc) is 3.11. The molecule has 6 heteroatoms. The molecule has 2 aromatic carbocycles. The summed E-state index contributed by atoms with van der Waals surface area (Å²) < 4.78 is 0. The number of H-pyrrole nitrogens is 3. The van der Waals surface area contributed by atoms with Gasteiger partial charge in [0.15, 0.2) is 0 Å². The molecule has 1 unspecified atom stereocenters. The zero-order valence-corrected chi connectivity index (χ0v) is 14.2. The third kappa shape index (κ3) is 2.50. The molecule has 4 aromatic rings. The van der Waals surface area contributed by atoms with E-state index in [4.69, 9.17) is 0 Å². The van der Waals surface area contributed by atoms with Gasteiger partial charge in [0.05, 0.1) is 5.56 Å². The highest BCUT2D eigenvalue weighted by Gasteiger charge is 2.28. The Kier molecular flexibility index (Phi) is 3.36. The van der Waals surface area contributed by atoms with Crippen molar-refractivity contribution in [1.29, 1.82) is 0 Å². The van der Waals surface area contributed by atoms with Gasteiger partial charge in [0.1, 0.15) is 5.82 Å². The summed E-state index contributed by atoms with van der Waals surface area (Å²) in [5.74, 6) is 0.133. The van der Waals surface area contributed by atoms with Crippen LogP contribution >= 0.6 is 0 Å². The summed E-state index contributed by atoms with van der Waals surface area (Å²) in [6.45, 7) is 0. The monoisotopic (exact) mass is 356 g/mol. The maximum absolute atomic E-state index is 12.6. The normalized spacial score (nSPS) is 15.9. The minimum atomic E-state index is -0.529. The molecule has 27 heavy (non-hydrogen) atoms. The van der Waals surface area contributed by atoms with E-state index < -0.39 is 5.69 Å². The van der Waals surface area contributed by atoms with Gasteiger partial charge in [-0.1, -0.05) is 48.5 Å². The fourth-order valence-corrected chi connectivity index (χ4v) is 3.70. The van der Waals surface area contributed by atoms with Crippen LogP contribution in [0.4, 0.5) is 5.82 Å². The molecular weight excluding hydrogens is 340 g/mol. The third-order valence-electron chi connectivity index (χ3n) is 4.92. The number of rotatable bonds is 2. The van der Waals surface area contributed by atoms with Gasteiger partial charge in [-0.15, -0.1) is 0 Å². The van der Waals surface area contributed by atoms with Gasteiger partial charge in [-0.3, -0.25) is 14.8 Å². The van der Waals surface area contributed by atoms with Crippen LogP contribution in [0.3, 0.4) is 0 Å². The molecule has 1 aliphatic rings. The van der Waals surface area contributed by atoms with E-state index in [-0.39, 0.29) is 11.5 Å². The van der Waals surface area contributed by atoms with E-state index in [9.17, 15) is 9.59 Å². The van der Waals surface area contributed by atoms with Crippen molar-refractivity contribution in [2.45, 2.75) is 5.92 Å². The Balaban J connectivity index is 1.78. The molecule has 3 heterocycles. The smallest absolute Gasteiger partial charge is 0.327 e. The van der Waals surface area contributed by atoms with Gasteiger partial charge in [0.25, 0.3) is 5.56 Å². The molecule has 0 amide bonds. The first-order chi connectivity index (χ1) is 13.2. The molecule has 0 spiro atoms. The molecule has 5 rings (SSSR count). The summed E-state index contributed by atoms with van der Waals surface area (Å²) in [6.07, 6.45) is 3.95. The van der Waals surface area contributed by atoms with Crippen molar-refractivity contribution in [3.63, 3.8) is 0 Å². The standard InChI is InChI=1S/C21H16N4O2/c26-20-18-14(15-11-22-16-9-5-4-8-13(15)16)10-17(12-6-2-1-3-7-12)23-19(18)24-21(27)25-20/h1-11,14,22H,(H3,23,24,25,26,27). The number of benzene rings is 2. The number of allylic oxidation sites excluding steroid dienone is 1. The summed E-state index contributed by atoms with van der Waals surface area (Å²) in [4.78, 5) is 32.8. The van der Waals surface area contributed by atoms with Crippen LogP contribution in [-0.2, 0) is 0 Å². The Labute approximate surface area is 153 Å². The highest BCUT2D eigenvalue weighted by molar-refractivity contribution is 5.88. The van der Waals surface area contributed by atoms with E-state index in [2.05, 4.69) is 20.3 Å². The molecular formula is C21H16N4O2.